The van der Waals surface area contributed by atoms with Crippen molar-refractivity contribution in [1.82, 2.24) is 14.5 Å². The molecule has 1 aromatic carbocycles. The second-order valence-electron chi connectivity index (χ2n) is 6.55. The summed E-state index contributed by atoms with van der Waals surface area (Å²) >= 11 is 0. The number of nitrogens with zero attached hydrogens (tertiary/aromatic N) is 3. The Morgan fingerprint density at radius 3 is 2.62 bits per heavy atom. The SMILES string of the molecule is Cc1cc2ncn(CC3C(=O)C4CCN3CC4)c2cc1C. The highest BCUT2D eigenvalue weighted by molar-refractivity contribution is 5.88. The van der Waals surface area contributed by atoms with E-state index in [1.165, 1.54) is 11.1 Å². The van der Waals surface area contributed by atoms with Crippen molar-refractivity contribution in [2.45, 2.75) is 39.3 Å². The van der Waals surface area contributed by atoms with E-state index in [1.807, 2.05) is 6.33 Å². The van der Waals surface area contributed by atoms with Crippen LogP contribution in [0.4, 0.5) is 0 Å². The number of aryl methyl sites for hydroxylation is 2. The van der Waals surface area contributed by atoms with E-state index in [-0.39, 0.29) is 6.04 Å². The maximum Gasteiger partial charge on any atom is 0.154 e. The number of piperidine rings is 3. The summed E-state index contributed by atoms with van der Waals surface area (Å²) in [6.07, 6.45) is 4.00. The van der Waals surface area contributed by atoms with Gasteiger partial charge in [0.1, 0.15) is 0 Å². The molecule has 0 spiro atoms. The number of hydrogen-bond acceptors (Lipinski definition) is 3. The first-order valence-corrected chi connectivity index (χ1v) is 7.83. The molecular formula is C17H21N3O. The molecule has 5 rings (SSSR count). The summed E-state index contributed by atoms with van der Waals surface area (Å²) < 4.78 is 2.16. The van der Waals surface area contributed by atoms with E-state index in [2.05, 4.69) is 40.4 Å². The molecule has 21 heavy (non-hydrogen) atoms. The first kappa shape index (κ1) is 13.0. The monoisotopic (exact) mass is 283 g/mol. The molecule has 0 amide bonds. The van der Waals surface area contributed by atoms with Crippen LogP contribution in [0.1, 0.15) is 24.0 Å². The van der Waals surface area contributed by atoms with E-state index in [0.29, 0.717) is 11.7 Å². The van der Waals surface area contributed by atoms with Gasteiger partial charge >= 0.3 is 0 Å². The summed E-state index contributed by atoms with van der Waals surface area (Å²) in [6, 6.07) is 4.38. The number of rotatable bonds is 2. The third-order valence-corrected chi connectivity index (χ3v) is 5.31. The summed E-state index contributed by atoms with van der Waals surface area (Å²) in [5.41, 5.74) is 4.72. The summed E-state index contributed by atoms with van der Waals surface area (Å²) in [5.74, 6) is 0.747. The number of fused-ring (bicyclic) bond motifs is 4. The Morgan fingerprint density at radius 2 is 1.90 bits per heavy atom. The third kappa shape index (κ3) is 2.01. The number of Topliss-reactive ketones (excluding diaryl/α,β-unsaturated/α-hetero) is 1. The van der Waals surface area contributed by atoms with Crippen molar-refractivity contribution in [2.24, 2.45) is 5.92 Å². The van der Waals surface area contributed by atoms with Crippen LogP contribution in [-0.2, 0) is 11.3 Å². The quantitative estimate of drug-likeness (QED) is 0.849. The van der Waals surface area contributed by atoms with Crippen molar-refractivity contribution in [2.75, 3.05) is 13.1 Å². The van der Waals surface area contributed by atoms with Crippen LogP contribution in [0.3, 0.4) is 0 Å². The number of carbonyl (C=O) groups excluding carboxylic acids is 1. The molecule has 110 valence electrons. The van der Waals surface area contributed by atoms with E-state index in [1.54, 1.807) is 0 Å². The lowest BCUT2D eigenvalue weighted by molar-refractivity contribution is -0.137. The molecule has 1 aromatic heterocycles. The Bertz CT molecular complexity index is 710. The van der Waals surface area contributed by atoms with Crippen LogP contribution in [0.25, 0.3) is 11.0 Å². The number of aromatic nitrogens is 2. The minimum Gasteiger partial charge on any atom is -0.329 e. The zero-order chi connectivity index (χ0) is 14.6. The van der Waals surface area contributed by atoms with Gasteiger partial charge in [0.15, 0.2) is 5.78 Å². The number of carbonyl (C=O) groups is 1. The summed E-state index contributed by atoms with van der Waals surface area (Å²) in [5, 5.41) is 0. The second-order valence-corrected chi connectivity index (χ2v) is 6.55. The molecule has 0 radical (unpaired) electrons. The molecule has 3 aliphatic heterocycles. The smallest absolute Gasteiger partial charge is 0.154 e. The van der Waals surface area contributed by atoms with E-state index >= 15 is 0 Å². The van der Waals surface area contributed by atoms with Crippen molar-refractivity contribution in [3.05, 3.63) is 29.6 Å². The Labute approximate surface area is 124 Å². The van der Waals surface area contributed by atoms with Gasteiger partial charge in [0.25, 0.3) is 0 Å². The summed E-state index contributed by atoms with van der Waals surface area (Å²) in [4.78, 5) is 19.4. The van der Waals surface area contributed by atoms with Gasteiger partial charge < -0.3 is 4.57 Å². The molecule has 1 unspecified atom stereocenters. The minimum absolute atomic E-state index is 0.0523. The van der Waals surface area contributed by atoms with Gasteiger partial charge in [0.2, 0.25) is 0 Å². The maximum atomic E-state index is 12.5. The third-order valence-electron chi connectivity index (χ3n) is 5.31. The van der Waals surface area contributed by atoms with E-state index in [9.17, 15) is 4.79 Å². The molecule has 4 nitrogen and oxygen atoms in total. The van der Waals surface area contributed by atoms with Gasteiger partial charge in [-0.25, -0.2) is 4.98 Å². The van der Waals surface area contributed by atoms with Gasteiger partial charge in [-0.1, -0.05) is 0 Å². The lowest BCUT2D eigenvalue weighted by Crippen LogP contribution is -2.56. The standard InChI is InChI=1S/C17H21N3O/c1-11-7-14-15(8-12(11)2)20(10-18-14)9-16-17(21)13-3-5-19(16)6-4-13/h7-8,10,13,16H,3-6,9H2,1-2H3. The van der Waals surface area contributed by atoms with Gasteiger partial charge in [-0.3, -0.25) is 9.69 Å². The van der Waals surface area contributed by atoms with Crippen molar-refractivity contribution in [3.8, 4) is 0 Å². The largest absolute Gasteiger partial charge is 0.329 e. The predicted octanol–water partition coefficient (Wildman–Crippen LogP) is 2.32. The Morgan fingerprint density at radius 1 is 1.19 bits per heavy atom. The Kier molecular flexibility index (Phi) is 2.89. The first-order valence-electron chi connectivity index (χ1n) is 7.83. The van der Waals surface area contributed by atoms with Crippen molar-refractivity contribution in [3.63, 3.8) is 0 Å². The van der Waals surface area contributed by atoms with Crippen LogP contribution >= 0.6 is 0 Å². The average Bonchev–Trinajstić information content (AvgIpc) is 2.86. The first-order chi connectivity index (χ1) is 10.1. The van der Waals surface area contributed by atoms with Crippen LogP contribution in [0.2, 0.25) is 0 Å². The molecule has 4 heterocycles. The highest BCUT2D eigenvalue weighted by Gasteiger charge is 2.40. The van der Waals surface area contributed by atoms with Crippen LogP contribution in [0.5, 0.6) is 0 Å². The summed E-state index contributed by atoms with van der Waals surface area (Å²) in [6.45, 7) is 7.14. The van der Waals surface area contributed by atoms with Crippen LogP contribution in [0, 0.1) is 19.8 Å². The number of imidazole rings is 1. The molecule has 0 N–H and O–H groups in total. The van der Waals surface area contributed by atoms with Gasteiger partial charge in [0.05, 0.1) is 23.4 Å². The topological polar surface area (TPSA) is 38.1 Å². The molecule has 3 aliphatic rings. The Hall–Kier alpha value is -1.68. The van der Waals surface area contributed by atoms with E-state index < -0.39 is 0 Å². The summed E-state index contributed by atoms with van der Waals surface area (Å²) in [7, 11) is 0. The van der Waals surface area contributed by atoms with Gasteiger partial charge in [-0.2, -0.15) is 0 Å². The number of benzene rings is 1. The fraction of sp³-hybridized carbons (Fsp3) is 0.529. The molecule has 3 fully saturated rings. The molecular weight excluding hydrogens is 262 g/mol. The minimum atomic E-state index is 0.0523. The molecule has 4 heteroatoms. The molecule has 0 aliphatic carbocycles. The van der Waals surface area contributed by atoms with E-state index in [4.69, 9.17) is 0 Å². The average molecular weight is 283 g/mol. The van der Waals surface area contributed by atoms with Gasteiger partial charge in [-0.05, 0) is 63.0 Å². The van der Waals surface area contributed by atoms with Gasteiger partial charge in [0, 0.05) is 12.5 Å². The van der Waals surface area contributed by atoms with Gasteiger partial charge in [-0.15, -0.1) is 0 Å². The molecule has 2 aromatic rings. The zero-order valence-corrected chi connectivity index (χ0v) is 12.7. The van der Waals surface area contributed by atoms with E-state index in [0.717, 1.165) is 43.5 Å². The Balaban J connectivity index is 1.68. The predicted molar refractivity (Wildman–Crippen MR) is 82.3 cm³/mol. The van der Waals surface area contributed by atoms with Crippen molar-refractivity contribution in [1.29, 1.82) is 0 Å². The van der Waals surface area contributed by atoms with Crippen molar-refractivity contribution >= 4 is 16.8 Å². The molecule has 2 bridgehead atoms. The molecule has 3 saturated heterocycles. The van der Waals surface area contributed by atoms with Crippen LogP contribution in [0.15, 0.2) is 18.5 Å². The van der Waals surface area contributed by atoms with Crippen molar-refractivity contribution < 1.29 is 4.79 Å². The van der Waals surface area contributed by atoms with Crippen LogP contribution < -0.4 is 0 Å². The number of ketones is 1. The fourth-order valence-electron chi connectivity index (χ4n) is 3.80. The lowest BCUT2D eigenvalue weighted by atomic mass is 9.82. The zero-order valence-electron chi connectivity index (χ0n) is 12.7. The normalized spacial score (nSPS) is 28.5. The second kappa shape index (κ2) is 4.67. The lowest BCUT2D eigenvalue weighted by Gasteiger charge is -2.44. The molecule has 1 atom stereocenters. The number of hydrogen-bond donors (Lipinski definition) is 0. The maximum absolute atomic E-state index is 12.5. The highest BCUT2D eigenvalue weighted by atomic mass is 16.1. The van der Waals surface area contributed by atoms with Crippen LogP contribution in [-0.4, -0.2) is 39.4 Å². The molecule has 0 saturated carbocycles. The highest BCUT2D eigenvalue weighted by Crippen LogP contribution is 2.30. The fourth-order valence-corrected chi connectivity index (χ4v) is 3.80.